The Labute approximate surface area is 114 Å². The maximum atomic E-state index is 11.0. The van der Waals surface area contributed by atoms with E-state index in [2.05, 4.69) is 38.5 Å². The number of rotatable bonds is 5. The summed E-state index contributed by atoms with van der Waals surface area (Å²) >= 11 is 0. The van der Waals surface area contributed by atoms with Crippen molar-refractivity contribution in [1.82, 2.24) is 0 Å². The predicted molar refractivity (Wildman–Crippen MR) is 75.2 cm³/mol. The Kier molecular flexibility index (Phi) is 5.51. The van der Waals surface area contributed by atoms with Gasteiger partial charge in [-0.3, -0.25) is 0 Å². The first-order valence-electron chi connectivity index (χ1n) is 6.36. The lowest BCUT2D eigenvalue weighted by atomic mass is 9.90. The minimum atomic E-state index is -0.388. The Balaban J connectivity index is 2.82. The molecule has 0 saturated heterocycles. The van der Waals surface area contributed by atoms with Crippen LogP contribution >= 0.6 is 0 Å². The molecule has 0 bridgehead atoms. The molecule has 0 aliphatic heterocycles. The van der Waals surface area contributed by atoms with Crippen molar-refractivity contribution in [1.29, 1.82) is 0 Å². The van der Waals surface area contributed by atoms with Crippen LogP contribution in [0.15, 0.2) is 6.07 Å². The normalized spacial score (nSPS) is 12.3. The van der Waals surface area contributed by atoms with Crippen molar-refractivity contribution in [3.8, 4) is 0 Å². The molecule has 0 amide bonds. The Morgan fingerprint density at radius 2 is 1.74 bits per heavy atom. The quantitative estimate of drug-likeness (QED) is 0.828. The molecule has 0 saturated carbocycles. The van der Waals surface area contributed by atoms with E-state index in [1.54, 1.807) is 0 Å². The first-order valence-corrected chi connectivity index (χ1v) is 6.36. The summed E-state index contributed by atoms with van der Waals surface area (Å²) in [6.45, 7) is 8.53. The topological polar surface area (TPSA) is 61.5 Å². The number of aryl methyl sites for hydroxylation is 2. The zero-order chi connectivity index (χ0) is 14.6. The van der Waals surface area contributed by atoms with E-state index < -0.39 is 0 Å². The molecular weight excluding hydrogens is 242 g/mol. The second-order valence-electron chi connectivity index (χ2n) is 4.87. The molecule has 19 heavy (non-hydrogen) atoms. The van der Waals surface area contributed by atoms with Crippen LogP contribution in [0.3, 0.4) is 0 Å². The molecule has 0 radical (unpaired) electrons. The lowest BCUT2D eigenvalue weighted by molar-refractivity contribution is -0.146. The highest BCUT2D eigenvalue weighted by Gasteiger charge is 2.16. The van der Waals surface area contributed by atoms with Crippen LogP contribution in [-0.2, 0) is 14.3 Å². The fraction of sp³-hybridized carbons (Fsp3) is 0.533. The highest BCUT2D eigenvalue weighted by atomic mass is 16.6. The van der Waals surface area contributed by atoms with E-state index in [0.29, 0.717) is 6.61 Å². The van der Waals surface area contributed by atoms with Gasteiger partial charge in [-0.1, -0.05) is 6.07 Å². The molecule has 106 valence electrons. The third-order valence-corrected chi connectivity index (χ3v) is 3.54. The van der Waals surface area contributed by atoms with Gasteiger partial charge in [0.15, 0.2) is 0 Å². The molecule has 1 unspecified atom stereocenters. The van der Waals surface area contributed by atoms with Gasteiger partial charge >= 0.3 is 5.97 Å². The highest BCUT2D eigenvalue weighted by Crippen LogP contribution is 2.26. The molecule has 0 heterocycles. The van der Waals surface area contributed by atoms with E-state index in [9.17, 15) is 4.79 Å². The van der Waals surface area contributed by atoms with E-state index in [1.165, 1.54) is 29.4 Å². The molecule has 0 fully saturated rings. The molecule has 0 aliphatic rings. The van der Waals surface area contributed by atoms with E-state index in [0.717, 1.165) is 5.56 Å². The van der Waals surface area contributed by atoms with Crippen LogP contribution in [0.1, 0.15) is 33.9 Å². The number of hydrogen-bond donors (Lipinski definition) is 1. The van der Waals surface area contributed by atoms with Crippen molar-refractivity contribution in [2.75, 3.05) is 20.3 Å². The van der Waals surface area contributed by atoms with E-state index in [1.807, 2.05) is 0 Å². The summed E-state index contributed by atoms with van der Waals surface area (Å²) in [5.74, 6) is -0.388. The van der Waals surface area contributed by atoms with Crippen molar-refractivity contribution >= 4 is 5.97 Å². The van der Waals surface area contributed by atoms with Crippen LogP contribution in [0.2, 0.25) is 0 Å². The summed E-state index contributed by atoms with van der Waals surface area (Å²) in [6, 6.07) is 1.93. The summed E-state index contributed by atoms with van der Waals surface area (Å²) < 4.78 is 9.81. The SMILES string of the molecule is COC(=O)COCC(N)c1c(C)c(C)cc(C)c1C. The standard InChI is InChI=1S/C15H23NO3/c1-9-6-10(2)12(4)15(11(9)3)13(16)7-19-8-14(17)18-5/h6,13H,7-8,16H2,1-5H3. The monoisotopic (exact) mass is 265 g/mol. The predicted octanol–water partition coefficient (Wildman–Crippen LogP) is 2.11. The average Bonchev–Trinajstić information content (AvgIpc) is 2.36. The second-order valence-corrected chi connectivity index (χ2v) is 4.87. The van der Waals surface area contributed by atoms with Crippen LogP contribution < -0.4 is 5.73 Å². The zero-order valence-electron chi connectivity index (χ0n) is 12.4. The smallest absolute Gasteiger partial charge is 0.331 e. The number of benzene rings is 1. The number of nitrogens with two attached hydrogens (primary N) is 1. The molecule has 1 atom stereocenters. The average molecular weight is 265 g/mol. The highest BCUT2D eigenvalue weighted by molar-refractivity contribution is 5.70. The van der Waals surface area contributed by atoms with Crippen LogP contribution in [-0.4, -0.2) is 26.3 Å². The van der Waals surface area contributed by atoms with Crippen molar-refractivity contribution < 1.29 is 14.3 Å². The second kappa shape index (κ2) is 6.68. The molecule has 1 rings (SSSR count). The van der Waals surface area contributed by atoms with Gasteiger partial charge in [-0.05, 0) is 55.5 Å². The lowest BCUT2D eigenvalue weighted by Crippen LogP contribution is -2.22. The summed E-state index contributed by atoms with van der Waals surface area (Å²) in [4.78, 5) is 11.0. The van der Waals surface area contributed by atoms with Crippen LogP contribution in [0, 0.1) is 27.7 Å². The van der Waals surface area contributed by atoms with Crippen molar-refractivity contribution in [3.63, 3.8) is 0 Å². The first-order chi connectivity index (χ1) is 8.88. The maximum absolute atomic E-state index is 11.0. The van der Waals surface area contributed by atoms with Gasteiger partial charge in [0, 0.05) is 0 Å². The third kappa shape index (κ3) is 3.78. The van der Waals surface area contributed by atoms with Crippen molar-refractivity contribution in [2.24, 2.45) is 5.73 Å². The fourth-order valence-corrected chi connectivity index (χ4v) is 2.22. The Bertz CT molecular complexity index is 443. The van der Waals surface area contributed by atoms with Crippen molar-refractivity contribution in [3.05, 3.63) is 33.9 Å². The fourth-order valence-electron chi connectivity index (χ4n) is 2.22. The number of esters is 1. The van der Waals surface area contributed by atoms with Gasteiger partial charge in [-0.15, -0.1) is 0 Å². The van der Waals surface area contributed by atoms with Gasteiger partial charge in [0.2, 0.25) is 0 Å². The third-order valence-electron chi connectivity index (χ3n) is 3.54. The zero-order valence-corrected chi connectivity index (χ0v) is 12.4. The lowest BCUT2D eigenvalue weighted by Gasteiger charge is -2.20. The molecule has 0 spiro atoms. The van der Waals surface area contributed by atoms with Gasteiger partial charge in [0.05, 0.1) is 19.8 Å². The van der Waals surface area contributed by atoms with Gasteiger partial charge in [-0.25, -0.2) is 4.79 Å². The van der Waals surface area contributed by atoms with Crippen LogP contribution in [0.5, 0.6) is 0 Å². The summed E-state index contributed by atoms with van der Waals surface area (Å²) in [6.07, 6.45) is 0. The minimum absolute atomic E-state index is 0.0624. The van der Waals surface area contributed by atoms with E-state index in [4.69, 9.17) is 10.5 Å². The summed E-state index contributed by atoms with van der Waals surface area (Å²) in [7, 11) is 1.34. The molecule has 0 aliphatic carbocycles. The summed E-state index contributed by atoms with van der Waals surface area (Å²) in [5.41, 5.74) is 12.1. The van der Waals surface area contributed by atoms with Gasteiger partial charge < -0.3 is 15.2 Å². The maximum Gasteiger partial charge on any atom is 0.331 e. The molecular formula is C15H23NO3. The molecule has 1 aromatic rings. The van der Waals surface area contributed by atoms with Crippen molar-refractivity contribution in [2.45, 2.75) is 33.7 Å². The van der Waals surface area contributed by atoms with E-state index in [-0.39, 0.29) is 18.6 Å². The number of carbonyl (C=O) groups excluding carboxylic acids is 1. The number of ether oxygens (including phenoxy) is 2. The van der Waals surface area contributed by atoms with Gasteiger partial charge in [0.25, 0.3) is 0 Å². The molecule has 1 aromatic carbocycles. The molecule has 2 N–H and O–H groups in total. The van der Waals surface area contributed by atoms with Gasteiger partial charge in [-0.2, -0.15) is 0 Å². The van der Waals surface area contributed by atoms with Crippen LogP contribution in [0.4, 0.5) is 0 Å². The minimum Gasteiger partial charge on any atom is -0.467 e. The Morgan fingerprint density at radius 3 is 2.21 bits per heavy atom. The number of methoxy groups -OCH3 is 1. The van der Waals surface area contributed by atoms with E-state index >= 15 is 0 Å². The summed E-state index contributed by atoms with van der Waals surface area (Å²) in [5, 5.41) is 0. The largest absolute Gasteiger partial charge is 0.467 e. The Hall–Kier alpha value is -1.39. The molecule has 0 aromatic heterocycles. The first kappa shape index (κ1) is 15.7. The van der Waals surface area contributed by atoms with Gasteiger partial charge in [0.1, 0.15) is 6.61 Å². The Morgan fingerprint density at radius 1 is 1.21 bits per heavy atom. The molecule has 4 nitrogen and oxygen atoms in total. The number of carbonyl (C=O) groups is 1. The van der Waals surface area contributed by atoms with Crippen LogP contribution in [0.25, 0.3) is 0 Å². The molecule has 4 heteroatoms. The number of hydrogen-bond acceptors (Lipinski definition) is 4.